The van der Waals surface area contributed by atoms with Crippen molar-refractivity contribution in [1.29, 1.82) is 0 Å². The molecule has 1 nitrogen and oxygen atoms in total. The minimum Gasteiger partial charge on any atom is -0.464 e. The van der Waals surface area contributed by atoms with Crippen LogP contribution in [0, 0.1) is 0 Å². The fourth-order valence-corrected chi connectivity index (χ4v) is 0.790. The molecule has 11 heavy (non-hydrogen) atoms. The van der Waals surface area contributed by atoms with Gasteiger partial charge in [0.15, 0.2) is 0 Å². The summed E-state index contributed by atoms with van der Waals surface area (Å²) in [5, 5.41) is 0. The number of hydrogen-bond donors (Lipinski definition) is 0. The van der Waals surface area contributed by atoms with Gasteiger partial charge in [-0.1, -0.05) is 31.4 Å². The summed E-state index contributed by atoms with van der Waals surface area (Å²) in [5.74, 6) is 0.819. The van der Waals surface area contributed by atoms with Gasteiger partial charge in [0, 0.05) is 5.56 Å². The van der Waals surface area contributed by atoms with E-state index in [1.165, 1.54) is 0 Å². The first-order chi connectivity index (χ1) is 5.38. The lowest BCUT2D eigenvalue weighted by molar-refractivity contribution is 0.556. The Morgan fingerprint density at radius 2 is 2.18 bits per heavy atom. The lowest BCUT2D eigenvalue weighted by Gasteiger charge is -1.86. The van der Waals surface area contributed by atoms with Gasteiger partial charge < -0.3 is 4.42 Å². The molecule has 0 aliphatic rings. The van der Waals surface area contributed by atoms with Crippen LogP contribution in [-0.2, 0) is 0 Å². The minimum absolute atomic E-state index is 0.819. The average molecular weight is 146 g/mol. The summed E-state index contributed by atoms with van der Waals surface area (Å²) < 4.78 is 5.15. The zero-order valence-corrected chi connectivity index (χ0v) is 6.29. The van der Waals surface area contributed by atoms with Gasteiger partial charge in [-0.15, -0.1) is 0 Å². The Morgan fingerprint density at radius 1 is 1.36 bits per heavy atom. The molecule has 0 aliphatic carbocycles. The van der Waals surface area contributed by atoms with E-state index in [0.29, 0.717) is 0 Å². The van der Waals surface area contributed by atoms with Crippen molar-refractivity contribution in [3.05, 3.63) is 49.0 Å². The Kier molecular flexibility index (Phi) is 2.50. The maximum absolute atomic E-state index is 5.15. The maximum atomic E-state index is 5.15. The lowest BCUT2D eigenvalue weighted by atomic mass is 10.2. The third-order valence-electron chi connectivity index (χ3n) is 1.33. The normalized spacial score (nSPS) is 10.2. The first kappa shape index (κ1) is 7.61. The van der Waals surface area contributed by atoms with Crippen LogP contribution < -0.4 is 0 Å². The first-order valence-corrected chi connectivity index (χ1v) is 3.37. The highest BCUT2D eigenvalue weighted by Crippen LogP contribution is 2.12. The summed E-state index contributed by atoms with van der Waals surface area (Å²) in [7, 11) is 0. The minimum atomic E-state index is 0.819. The van der Waals surface area contributed by atoms with Gasteiger partial charge in [0.25, 0.3) is 0 Å². The third kappa shape index (κ3) is 1.71. The van der Waals surface area contributed by atoms with E-state index >= 15 is 0 Å². The highest BCUT2D eigenvalue weighted by Gasteiger charge is 1.95. The van der Waals surface area contributed by atoms with Gasteiger partial charge in [0.05, 0.1) is 6.26 Å². The molecule has 0 spiro atoms. The highest BCUT2D eigenvalue weighted by atomic mass is 16.3. The SMILES string of the molecule is C=C/C=C\c1occc1C=C. The van der Waals surface area contributed by atoms with Crippen LogP contribution in [0.1, 0.15) is 11.3 Å². The number of furan rings is 1. The van der Waals surface area contributed by atoms with Crippen LogP contribution in [0.25, 0.3) is 12.2 Å². The standard InChI is InChI=1S/C10H10O/c1-3-5-6-10-9(4-2)7-8-11-10/h3-8H,1-2H2/b6-5-. The summed E-state index contributed by atoms with van der Waals surface area (Å²) >= 11 is 0. The molecule has 0 radical (unpaired) electrons. The largest absolute Gasteiger partial charge is 0.464 e. The van der Waals surface area contributed by atoms with Gasteiger partial charge in [0.1, 0.15) is 5.76 Å². The quantitative estimate of drug-likeness (QED) is 0.597. The molecule has 0 atom stereocenters. The number of rotatable bonds is 3. The Morgan fingerprint density at radius 3 is 2.82 bits per heavy atom. The maximum Gasteiger partial charge on any atom is 0.133 e. The van der Waals surface area contributed by atoms with Gasteiger partial charge in [-0.25, -0.2) is 0 Å². The molecule has 1 heteroatoms. The van der Waals surface area contributed by atoms with Crippen LogP contribution in [0.15, 0.2) is 42.1 Å². The van der Waals surface area contributed by atoms with Gasteiger partial charge in [0.2, 0.25) is 0 Å². The smallest absolute Gasteiger partial charge is 0.133 e. The molecule has 0 amide bonds. The van der Waals surface area contributed by atoms with E-state index in [2.05, 4.69) is 13.2 Å². The van der Waals surface area contributed by atoms with Gasteiger partial charge in [-0.3, -0.25) is 0 Å². The number of allylic oxidation sites excluding steroid dienone is 2. The van der Waals surface area contributed by atoms with Gasteiger partial charge >= 0.3 is 0 Å². The summed E-state index contributed by atoms with van der Waals surface area (Å²) in [6, 6.07) is 1.87. The van der Waals surface area contributed by atoms with E-state index in [1.54, 1.807) is 18.4 Å². The molecule has 1 aromatic heterocycles. The van der Waals surface area contributed by atoms with E-state index in [0.717, 1.165) is 11.3 Å². The van der Waals surface area contributed by atoms with E-state index in [1.807, 2.05) is 18.2 Å². The van der Waals surface area contributed by atoms with Crippen molar-refractivity contribution in [2.24, 2.45) is 0 Å². The Balaban J connectivity index is 2.92. The molecular formula is C10H10O. The average Bonchev–Trinajstić information content (AvgIpc) is 2.47. The second-order valence-electron chi connectivity index (χ2n) is 2.04. The summed E-state index contributed by atoms with van der Waals surface area (Å²) in [4.78, 5) is 0. The first-order valence-electron chi connectivity index (χ1n) is 3.37. The number of hydrogen-bond acceptors (Lipinski definition) is 1. The third-order valence-corrected chi connectivity index (χ3v) is 1.33. The van der Waals surface area contributed by atoms with Crippen LogP contribution in [0.3, 0.4) is 0 Å². The van der Waals surface area contributed by atoms with Crippen LogP contribution in [0.5, 0.6) is 0 Å². The molecule has 0 N–H and O–H groups in total. The molecule has 56 valence electrons. The molecule has 0 unspecified atom stereocenters. The van der Waals surface area contributed by atoms with E-state index in [-0.39, 0.29) is 0 Å². The van der Waals surface area contributed by atoms with Crippen LogP contribution in [0.2, 0.25) is 0 Å². The predicted molar refractivity (Wildman–Crippen MR) is 48.0 cm³/mol. The zero-order chi connectivity index (χ0) is 8.10. The van der Waals surface area contributed by atoms with Gasteiger partial charge in [-0.05, 0) is 12.1 Å². The van der Waals surface area contributed by atoms with Crippen molar-refractivity contribution in [3.8, 4) is 0 Å². The molecule has 1 heterocycles. The molecule has 0 saturated carbocycles. The summed E-state index contributed by atoms with van der Waals surface area (Å²) in [5.41, 5.74) is 1.00. The highest BCUT2D eigenvalue weighted by molar-refractivity contribution is 5.60. The molecule has 1 aromatic rings. The molecule has 1 rings (SSSR count). The van der Waals surface area contributed by atoms with Crippen molar-refractivity contribution in [2.75, 3.05) is 0 Å². The fourth-order valence-electron chi connectivity index (χ4n) is 0.790. The molecule has 0 fully saturated rings. The van der Waals surface area contributed by atoms with Crippen LogP contribution in [0.4, 0.5) is 0 Å². The second kappa shape index (κ2) is 3.62. The van der Waals surface area contributed by atoms with Crippen LogP contribution >= 0.6 is 0 Å². The zero-order valence-electron chi connectivity index (χ0n) is 6.29. The fraction of sp³-hybridized carbons (Fsp3) is 0. The molecular weight excluding hydrogens is 136 g/mol. The van der Waals surface area contributed by atoms with Crippen molar-refractivity contribution < 1.29 is 4.42 Å². The van der Waals surface area contributed by atoms with Crippen molar-refractivity contribution in [2.45, 2.75) is 0 Å². The predicted octanol–water partition coefficient (Wildman–Crippen LogP) is 3.12. The van der Waals surface area contributed by atoms with Gasteiger partial charge in [-0.2, -0.15) is 0 Å². The van der Waals surface area contributed by atoms with Crippen LogP contribution in [-0.4, -0.2) is 0 Å². The molecule has 0 saturated heterocycles. The Bertz CT molecular complexity index is 279. The summed E-state index contributed by atoms with van der Waals surface area (Å²) in [6.45, 7) is 7.21. The lowest BCUT2D eigenvalue weighted by Crippen LogP contribution is -1.67. The molecule has 0 aromatic carbocycles. The van der Waals surface area contributed by atoms with Crippen molar-refractivity contribution in [1.82, 2.24) is 0 Å². The van der Waals surface area contributed by atoms with Crippen molar-refractivity contribution in [3.63, 3.8) is 0 Å². The Labute approximate surface area is 66.3 Å². The summed E-state index contributed by atoms with van der Waals surface area (Å²) in [6.07, 6.45) is 8.78. The van der Waals surface area contributed by atoms with E-state index in [4.69, 9.17) is 4.42 Å². The topological polar surface area (TPSA) is 13.1 Å². The van der Waals surface area contributed by atoms with E-state index < -0.39 is 0 Å². The molecule has 0 bridgehead atoms. The molecule has 0 aliphatic heterocycles. The van der Waals surface area contributed by atoms with Crippen molar-refractivity contribution >= 4 is 12.2 Å². The van der Waals surface area contributed by atoms with E-state index in [9.17, 15) is 0 Å². The Hall–Kier alpha value is -1.50. The second-order valence-corrected chi connectivity index (χ2v) is 2.04. The monoisotopic (exact) mass is 146 g/mol.